The van der Waals surface area contributed by atoms with E-state index in [9.17, 15) is 17.6 Å². The summed E-state index contributed by atoms with van der Waals surface area (Å²) in [6, 6.07) is 7.42. The molecule has 31 heavy (non-hydrogen) atoms. The molecule has 1 N–H and O–H groups in total. The second kappa shape index (κ2) is 8.46. The summed E-state index contributed by atoms with van der Waals surface area (Å²) in [7, 11) is -3.80. The lowest BCUT2D eigenvalue weighted by molar-refractivity contribution is -0.120. The third-order valence-electron chi connectivity index (χ3n) is 5.40. The second-order valence-electron chi connectivity index (χ2n) is 7.69. The van der Waals surface area contributed by atoms with E-state index in [0.29, 0.717) is 18.0 Å². The highest BCUT2D eigenvalue weighted by molar-refractivity contribution is 7.89. The molecular weight excluding hydrogens is 461 g/mol. The minimum Gasteiger partial charge on any atom is -0.302 e. The fourth-order valence-corrected chi connectivity index (χ4v) is 6.44. The van der Waals surface area contributed by atoms with Crippen LogP contribution in [0.5, 0.6) is 0 Å². The average Bonchev–Trinajstić information content (AvgIpc) is 3.12. The molecule has 0 spiro atoms. The van der Waals surface area contributed by atoms with Gasteiger partial charge in [0.25, 0.3) is 0 Å². The zero-order valence-electron chi connectivity index (χ0n) is 17.0. The van der Waals surface area contributed by atoms with Crippen LogP contribution in [0.1, 0.15) is 24.0 Å². The zero-order valence-corrected chi connectivity index (χ0v) is 19.4. The van der Waals surface area contributed by atoms with E-state index < -0.39 is 15.8 Å². The molecule has 0 saturated carbocycles. The number of benzene rings is 2. The van der Waals surface area contributed by atoms with Gasteiger partial charge >= 0.3 is 0 Å². The maximum atomic E-state index is 13.4. The van der Waals surface area contributed by atoms with Crippen molar-refractivity contribution in [2.75, 3.05) is 18.4 Å². The third kappa shape index (κ3) is 4.45. The van der Waals surface area contributed by atoms with Crippen LogP contribution >= 0.6 is 22.9 Å². The fourth-order valence-electron chi connectivity index (χ4n) is 3.78. The maximum absolute atomic E-state index is 13.4. The Hall–Kier alpha value is -2.07. The van der Waals surface area contributed by atoms with Gasteiger partial charge in [0.2, 0.25) is 15.9 Å². The number of carbonyl (C=O) groups excluding carboxylic acids is 1. The van der Waals surface area contributed by atoms with Crippen LogP contribution in [0, 0.1) is 25.6 Å². The van der Waals surface area contributed by atoms with Gasteiger partial charge in [0, 0.05) is 19.0 Å². The van der Waals surface area contributed by atoms with Crippen LogP contribution in [-0.2, 0) is 14.8 Å². The number of sulfonamides is 1. The topological polar surface area (TPSA) is 79.4 Å². The summed E-state index contributed by atoms with van der Waals surface area (Å²) in [5.41, 5.74) is 3.09. The lowest BCUT2D eigenvalue weighted by Crippen LogP contribution is -2.41. The van der Waals surface area contributed by atoms with E-state index in [1.807, 2.05) is 19.9 Å². The van der Waals surface area contributed by atoms with E-state index in [-0.39, 0.29) is 34.8 Å². The van der Waals surface area contributed by atoms with Crippen LogP contribution in [0.2, 0.25) is 5.02 Å². The standard InChI is InChI=1S/C21H21ClFN3O3S2/c1-12-9-13(2)19-18(10-12)24-21(30-19)25-20(27)14-5-7-26(8-6-14)31(28,29)15-3-4-17(23)16(22)11-15/h3-4,9-11,14H,5-8H2,1-2H3,(H,24,25,27). The molecule has 1 saturated heterocycles. The highest BCUT2D eigenvalue weighted by Crippen LogP contribution is 2.31. The van der Waals surface area contributed by atoms with Gasteiger partial charge in [-0.25, -0.2) is 17.8 Å². The Morgan fingerprint density at radius 3 is 2.61 bits per heavy atom. The van der Waals surface area contributed by atoms with Gasteiger partial charge in [-0.3, -0.25) is 4.79 Å². The first-order valence-corrected chi connectivity index (χ1v) is 12.4. The van der Waals surface area contributed by atoms with Gasteiger partial charge in [0.1, 0.15) is 5.82 Å². The number of halogens is 2. The van der Waals surface area contributed by atoms with E-state index >= 15 is 0 Å². The smallest absolute Gasteiger partial charge is 0.243 e. The van der Waals surface area contributed by atoms with E-state index in [2.05, 4.69) is 16.4 Å². The molecule has 3 aromatic rings. The highest BCUT2D eigenvalue weighted by Gasteiger charge is 2.32. The Labute approximate surface area is 189 Å². The van der Waals surface area contributed by atoms with Crippen LogP contribution < -0.4 is 5.32 Å². The van der Waals surface area contributed by atoms with Gasteiger partial charge in [-0.05, 0) is 62.1 Å². The van der Waals surface area contributed by atoms with Crippen molar-refractivity contribution in [3.05, 3.63) is 52.3 Å². The molecule has 1 aliphatic rings. The first-order valence-electron chi connectivity index (χ1n) is 9.79. The van der Waals surface area contributed by atoms with Crippen molar-refractivity contribution in [2.24, 2.45) is 5.92 Å². The van der Waals surface area contributed by atoms with E-state index in [1.165, 1.54) is 21.7 Å². The molecule has 1 fully saturated rings. The molecule has 0 aliphatic carbocycles. The summed E-state index contributed by atoms with van der Waals surface area (Å²) in [6.45, 7) is 4.43. The zero-order chi connectivity index (χ0) is 22.3. The normalized spacial score (nSPS) is 16.0. The van der Waals surface area contributed by atoms with Crippen molar-refractivity contribution in [1.82, 2.24) is 9.29 Å². The SMILES string of the molecule is Cc1cc(C)c2sc(NC(=O)C3CCN(S(=O)(=O)c4ccc(F)c(Cl)c4)CC3)nc2c1. The van der Waals surface area contributed by atoms with Crippen LogP contribution in [-0.4, -0.2) is 36.7 Å². The lowest BCUT2D eigenvalue weighted by Gasteiger charge is -2.30. The summed E-state index contributed by atoms with van der Waals surface area (Å²) >= 11 is 7.17. The summed E-state index contributed by atoms with van der Waals surface area (Å²) < 4.78 is 41.3. The number of nitrogens with zero attached hydrogens (tertiary/aromatic N) is 2. The molecule has 164 valence electrons. The molecule has 0 radical (unpaired) electrons. The van der Waals surface area contributed by atoms with Crippen LogP contribution in [0.25, 0.3) is 10.2 Å². The fraction of sp³-hybridized carbons (Fsp3) is 0.333. The van der Waals surface area contributed by atoms with Crippen molar-refractivity contribution in [3.8, 4) is 0 Å². The van der Waals surface area contributed by atoms with Crippen molar-refractivity contribution in [3.63, 3.8) is 0 Å². The van der Waals surface area contributed by atoms with Gasteiger partial charge in [-0.15, -0.1) is 0 Å². The quantitative estimate of drug-likeness (QED) is 0.583. The van der Waals surface area contributed by atoms with Gasteiger partial charge in [0.05, 0.1) is 20.1 Å². The number of nitrogens with one attached hydrogen (secondary N) is 1. The number of piperidine rings is 1. The number of carbonyl (C=O) groups is 1. The molecule has 6 nitrogen and oxygen atoms in total. The molecule has 2 heterocycles. The Morgan fingerprint density at radius 1 is 1.23 bits per heavy atom. The molecule has 0 unspecified atom stereocenters. The molecule has 0 bridgehead atoms. The van der Waals surface area contributed by atoms with Crippen molar-refractivity contribution in [1.29, 1.82) is 0 Å². The number of rotatable bonds is 4. The minimum absolute atomic E-state index is 0.0538. The molecular formula is C21H21ClFN3O3S2. The maximum Gasteiger partial charge on any atom is 0.243 e. The summed E-state index contributed by atoms with van der Waals surface area (Å²) in [6.07, 6.45) is 0.784. The number of aryl methyl sites for hydroxylation is 2. The number of aromatic nitrogens is 1. The number of hydrogen-bond acceptors (Lipinski definition) is 5. The Kier molecular flexibility index (Phi) is 6.04. The second-order valence-corrected chi connectivity index (χ2v) is 11.0. The van der Waals surface area contributed by atoms with E-state index in [0.717, 1.165) is 33.5 Å². The average molecular weight is 482 g/mol. The van der Waals surface area contributed by atoms with E-state index in [1.54, 1.807) is 0 Å². The monoisotopic (exact) mass is 481 g/mol. The molecule has 10 heteroatoms. The number of hydrogen-bond donors (Lipinski definition) is 1. The largest absolute Gasteiger partial charge is 0.302 e. The predicted molar refractivity (Wildman–Crippen MR) is 121 cm³/mol. The summed E-state index contributed by atoms with van der Waals surface area (Å²) in [5.74, 6) is -1.13. The summed E-state index contributed by atoms with van der Waals surface area (Å²) in [4.78, 5) is 17.2. The molecule has 1 amide bonds. The molecule has 2 aromatic carbocycles. The third-order valence-corrected chi connectivity index (χ3v) is 8.71. The van der Waals surface area contributed by atoms with Crippen LogP contribution in [0.3, 0.4) is 0 Å². The van der Waals surface area contributed by atoms with Crippen LogP contribution in [0.4, 0.5) is 9.52 Å². The van der Waals surface area contributed by atoms with Gasteiger partial charge < -0.3 is 5.32 Å². The highest BCUT2D eigenvalue weighted by atomic mass is 35.5. The molecule has 0 atom stereocenters. The van der Waals surface area contributed by atoms with Crippen molar-refractivity contribution < 1.29 is 17.6 Å². The Bertz CT molecular complexity index is 1270. The number of fused-ring (bicyclic) bond motifs is 1. The number of anilines is 1. The van der Waals surface area contributed by atoms with E-state index in [4.69, 9.17) is 11.6 Å². The molecule has 1 aliphatic heterocycles. The Balaban J connectivity index is 1.42. The first kappa shape index (κ1) is 22.1. The molecule has 4 rings (SSSR count). The lowest BCUT2D eigenvalue weighted by atomic mass is 9.97. The van der Waals surface area contributed by atoms with Gasteiger partial charge in [-0.1, -0.05) is 29.0 Å². The minimum atomic E-state index is -3.80. The summed E-state index contributed by atoms with van der Waals surface area (Å²) in [5, 5.41) is 3.19. The van der Waals surface area contributed by atoms with Gasteiger partial charge in [-0.2, -0.15) is 4.31 Å². The number of amides is 1. The molecule has 1 aromatic heterocycles. The Morgan fingerprint density at radius 2 is 1.94 bits per heavy atom. The van der Waals surface area contributed by atoms with Crippen molar-refractivity contribution >= 4 is 54.2 Å². The number of thiazole rings is 1. The van der Waals surface area contributed by atoms with Crippen molar-refractivity contribution in [2.45, 2.75) is 31.6 Å². The van der Waals surface area contributed by atoms with Crippen LogP contribution in [0.15, 0.2) is 35.2 Å². The first-order chi connectivity index (χ1) is 14.6. The van der Waals surface area contributed by atoms with Gasteiger partial charge in [0.15, 0.2) is 5.13 Å². The predicted octanol–water partition coefficient (Wildman–Crippen LogP) is 4.75.